The third kappa shape index (κ3) is 4.56. The second-order valence-electron chi connectivity index (χ2n) is 4.16. The van der Waals surface area contributed by atoms with Gasteiger partial charge in [-0.05, 0) is 38.2 Å². The second kappa shape index (κ2) is 7.72. The molecule has 0 aromatic heterocycles. The van der Waals surface area contributed by atoms with Gasteiger partial charge < -0.3 is 16.0 Å². The Balaban J connectivity index is 2.42. The van der Waals surface area contributed by atoms with Crippen molar-refractivity contribution >= 4 is 34.6 Å². The molecule has 5 heteroatoms. The lowest BCUT2D eigenvalue weighted by atomic mass is 10.2. The molecule has 0 amide bonds. The lowest BCUT2D eigenvalue weighted by Gasteiger charge is -2.18. The highest BCUT2D eigenvalue weighted by molar-refractivity contribution is 6.42. The SMILES string of the molecule is CCN(CC)CCCNc1cc(Cl)c(Cl)cc1N. The van der Waals surface area contributed by atoms with Gasteiger partial charge in [0.2, 0.25) is 0 Å². The normalized spacial score (nSPS) is 10.9. The van der Waals surface area contributed by atoms with Crippen molar-refractivity contribution in [3.8, 4) is 0 Å². The molecule has 0 fully saturated rings. The van der Waals surface area contributed by atoms with Crippen LogP contribution in [-0.4, -0.2) is 31.1 Å². The average Bonchev–Trinajstić information content (AvgIpc) is 2.35. The van der Waals surface area contributed by atoms with Gasteiger partial charge in [-0.25, -0.2) is 0 Å². The van der Waals surface area contributed by atoms with Crippen LogP contribution in [0.1, 0.15) is 20.3 Å². The number of nitrogens with two attached hydrogens (primary N) is 1. The van der Waals surface area contributed by atoms with E-state index in [1.807, 2.05) is 0 Å². The van der Waals surface area contributed by atoms with Gasteiger partial charge in [0.05, 0.1) is 21.4 Å². The summed E-state index contributed by atoms with van der Waals surface area (Å²) in [5, 5.41) is 4.30. The van der Waals surface area contributed by atoms with Crippen LogP contribution < -0.4 is 11.1 Å². The van der Waals surface area contributed by atoms with E-state index in [-0.39, 0.29) is 0 Å². The monoisotopic (exact) mass is 289 g/mol. The molecule has 0 radical (unpaired) electrons. The first-order chi connectivity index (χ1) is 8.58. The molecule has 1 aromatic rings. The molecule has 0 aliphatic carbocycles. The van der Waals surface area contributed by atoms with Gasteiger partial charge in [-0.15, -0.1) is 0 Å². The van der Waals surface area contributed by atoms with Crippen LogP contribution in [0.2, 0.25) is 10.0 Å². The van der Waals surface area contributed by atoms with E-state index < -0.39 is 0 Å². The Kier molecular flexibility index (Phi) is 6.61. The molecule has 0 spiro atoms. The van der Waals surface area contributed by atoms with Crippen LogP contribution in [0.5, 0.6) is 0 Å². The Morgan fingerprint density at radius 1 is 1.17 bits per heavy atom. The molecule has 1 aromatic carbocycles. The van der Waals surface area contributed by atoms with Crippen molar-refractivity contribution in [2.75, 3.05) is 37.2 Å². The highest BCUT2D eigenvalue weighted by Crippen LogP contribution is 2.30. The Hall–Kier alpha value is -0.640. The molecule has 0 saturated heterocycles. The maximum Gasteiger partial charge on any atom is 0.0614 e. The molecule has 0 aliphatic rings. The average molecular weight is 290 g/mol. The minimum atomic E-state index is 0.489. The Labute approximate surface area is 119 Å². The highest BCUT2D eigenvalue weighted by atomic mass is 35.5. The highest BCUT2D eigenvalue weighted by Gasteiger charge is 2.05. The number of hydrogen-bond acceptors (Lipinski definition) is 3. The Bertz CT molecular complexity index is 379. The standard InChI is InChI=1S/C13H21Cl2N3/c1-3-18(4-2)7-5-6-17-13-9-11(15)10(14)8-12(13)16/h8-9,17H,3-7,16H2,1-2H3. The summed E-state index contributed by atoms with van der Waals surface area (Å²) in [5.74, 6) is 0. The molecule has 0 heterocycles. The number of halogens is 2. The van der Waals surface area contributed by atoms with Crippen molar-refractivity contribution < 1.29 is 0 Å². The van der Waals surface area contributed by atoms with Crippen molar-refractivity contribution in [1.82, 2.24) is 4.90 Å². The van der Waals surface area contributed by atoms with Gasteiger partial charge >= 0.3 is 0 Å². The zero-order valence-electron chi connectivity index (χ0n) is 11.0. The summed E-state index contributed by atoms with van der Waals surface area (Å²) in [6.45, 7) is 8.48. The lowest BCUT2D eigenvalue weighted by molar-refractivity contribution is 0.303. The number of nitrogens with zero attached hydrogens (tertiary/aromatic N) is 1. The van der Waals surface area contributed by atoms with Crippen molar-refractivity contribution in [3.05, 3.63) is 22.2 Å². The topological polar surface area (TPSA) is 41.3 Å². The summed E-state index contributed by atoms with van der Waals surface area (Å²) in [6, 6.07) is 3.45. The van der Waals surface area contributed by atoms with E-state index >= 15 is 0 Å². The van der Waals surface area contributed by atoms with Crippen LogP contribution in [-0.2, 0) is 0 Å². The number of rotatable bonds is 7. The first-order valence-corrected chi connectivity index (χ1v) is 7.04. The summed E-state index contributed by atoms with van der Waals surface area (Å²) in [5.41, 5.74) is 7.35. The molecular formula is C13H21Cl2N3. The van der Waals surface area contributed by atoms with Gasteiger partial charge in [-0.2, -0.15) is 0 Å². The number of hydrogen-bond donors (Lipinski definition) is 2. The molecule has 3 nitrogen and oxygen atoms in total. The quantitative estimate of drug-likeness (QED) is 0.594. The number of anilines is 2. The minimum Gasteiger partial charge on any atom is -0.397 e. The van der Waals surface area contributed by atoms with E-state index in [1.165, 1.54) is 0 Å². The summed E-state index contributed by atoms with van der Waals surface area (Å²) < 4.78 is 0. The van der Waals surface area contributed by atoms with E-state index in [4.69, 9.17) is 28.9 Å². The van der Waals surface area contributed by atoms with E-state index in [0.717, 1.165) is 38.3 Å². The molecule has 0 atom stereocenters. The fraction of sp³-hybridized carbons (Fsp3) is 0.538. The number of nitrogen functional groups attached to an aromatic ring is 1. The summed E-state index contributed by atoms with van der Waals surface area (Å²) in [4.78, 5) is 2.39. The van der Waals surface area contributed by atoms with Crippen LogP contribution in [0.4, 0.5) is 11.4 Å². The predicted octanol–water partition coefficient (Wildman–Crippen LogP) is 3.72. The number of benzene rings is 1. The van der Waals surface area contributed by atoms with Crippen molar-refractivity contribution in [1.29, 1.82) is 0 Å². The van der Waals surface area contributed by atoms with Crippen LogP contribution in [0, 0.1) is 0 Å². The molecule has 0 bridgehead atoms. The maximum absolute atomic E-state index is 5.96. The van der Waals surface area contributed by atoms with Crippen LogP contribution >= 0.6 is 23.2 Å². The molecule has 0 saturated carbocycles. The molecule has 3 N–H and O–H groups in total. The third-order valence-corrected chi connectivity index (χ3v) is 3.68. The smallest absolute Gasteiger partial charge is 0.0614 e. The van der Waals surface area contributed by atoms with E-state index in [1.54, 1.807) is 12.1 Å². The van der Waals surface area contributed by atoms with Gasteiger partial charge in [-0.1, -0.05) is 37.0 Å². The largest absolute Gasteiger partial charge is 0.397 e. The molecule has 18 heavy (non-hydrogen) atoms. The van der Waals surface area contributed by atoms with E-state index in [0.29, 0.717) is 15.7 Å². The maximum atomic E-state index is 5.96. The summed E-state index contributed by atoms with van der Waals surface area (Å²) in [6.07, 6.45) is 1.07. The molecule has 0 unspecified atom stereocenters. The number of nitrogens with one attached hydrogen (secondary N) is 1. The predicted molar refractivity (Wildman–Crippen MR) is 81.8 cm³/mol. The zero-order chi connectivity index (χ0) is 13.5. The van der Waals surface area contributed by atoms with Crippen molar-refractivity contribution in [3.63, 3.8) is 0 Å². The van der Waals surface area contributed by atoms with Crippen molar-refractivity contribution in [2.24, 2.45) is 0 Å². The second-order valence-corrected chi connectivity index (χ2v) is 4.98. The van der Waals surface area contributed by atoms with E-state index in [2.05, 4.69) is 24.1 Å². The van der Waals surface area contributed by atoms with Crippen molar-refractivity contribution in [2.45, 2.75) is 20.3 Å². The minimum absolute atomic E-state index is 0.489. The zero-order valence-corrected chi connectivity index (χ0v) is 12.5. The summed E-state index contributed by atoms with van der Waals surface area (Å²) >= 11 is 11.8. The van der Waals surface area contributed by atoms with Crippen LogP contribution in [0.3, 0.4) is 0 Å². The van der Waals surface area contributed by atoms with Gasteiger partial charge in [0, 0.05) is 6.54 Å². The summed E-state index contributed by atoms with van der Waals surface area (Å²) in [7, 11) is 0. The van der Waals surface area contributed by atoms with Gasteiger partial charge in [-0.3, -0.25) is 0 Å². The Morgan fingerprint density at radius 3 is 2.39 bits per heavy atom. The molecular weight excluding hydrogens is 269 g/mol. The molecule has 0 aliphatic heterocycles. The Morgan fingerprint density at radius 2 is 1.78 bits per heavy atom. The fourth-order valence-electron chi connectivity index (χ4n) is 1.78. The molecule has 102 valence electrons. The van der Waals surface area contributed by atoms with Gasteiger partial charge in [0.15, 0.2) is 0 Å². The first-order valence-electron chi connectivity index (χ1n) is 6.29. The van der Waals surface area contributed by atoms with E-state index in [9.17, 15) is 0 Å². The first kappa shape index (κ1) is 15.4. The third-order valence-electron chi connectivity index (χ3n) is 2.95. The van der Waals surface area contributed by atoms with Gasteiger partial charge in [0.25, 0.3) is 0 Å². The molecule has 1 rings (SSSR count). The van der Waals surface area contributed by atoms with Crippen LogP contribution in [0.15, 0.2) is 12.1 Å². The van der Waals surface area contributed by atoms with Crippen LogP contribution in [0.25, 0.3) is 0 Å². The van der Waals surface area contributed by atoms with Gasteiger partial charge in [0.1, 0.15) is 0 Å². The lowest BCUT2D eigenvalue weighted by Crippen LogP contribution is -2.25. The fourth-order valence-corrected chi connectivity index (χ4v) is 2.12.